The number of rotatable bonds is 3. The predicted molar refractivity (Wildman–Crippen MR) is 92.1 cm³/mol. The van der Waals surface area contributed by atoms with Crippen molar-refractivity contribution in [3.05, 3.63) is 23.8 Å². The summed E-state index contributed by atoms with van der Waals surface area (Å²) in [6, 6.07) is 5.02. The molecular formula is C16H25N5O2. The Balaban J connectivity index is 2.02. The summed E-state index contributed by atoms with van der Waals surface area (Å²) in [6.07, 6.45) is 0.730. The van der Waals surface area contributed by atoms with Crippen LogP contribution in [-0.2, 0) is 6.42 Å². The van der Waals surface area contributed by atoms with Crippen LogP contribution in [0.5, 0.6) is 11.5 Å². The molecule has 7 heteroatoms. The Hall–Kier alpha value is -2.44. The number of likely N-dealkylation sites (N-methyl/N-ethyl adjacent to an activating group) is 1. The summed E-state index contributed by atoms with van der Waals surface area (Å²) in [5.74, 6) is 1.39. The zero-order valence-electron chi connectivity index (χ0n) is 14.1. The van der Waals surface area contributed by atoms with Crippen LogP contribution in [0.3, 0.4) is 0 Å². The fraction of sp³-hybridized carbons (Fsp3) is 0.500. The van der Waals surface area contributed by atoms with Gasteiger partial charge in [-0.3, -0.25) is 10.3 Å². The molecule has 0 radical (unpaired) electrons. The number of phenols is 2. The Morgan fingerprint density at radius 3 is 2.57 bits per heavy atom. The molecule has 1 unspecified atom stereocenters. The second-order valence-electron chi connectivity index (χ2n) is 5.98. The Labute approximate surface area is 137 Å². The van der Waals surface area contributed by atoms with E-state index < -0.39 is 0 Å². The van der Waals surface area contributed by atoms with E-state index in [1.807, 2.05) is 37.9 Å². The highest BCUT2D eigenvalue weighted by Gasteiger charge is 2.16. The number of nitrogens with zero attached hydrogens (tertiary/aromatic N) is 4. The Bertz CT molecular complexity index is 612. The first-order chi connectivity index (χ1) is 10.9. The second-order valence-corrected chi connectivity index (χ2v) is 5.98. The lowest BCUT2D eigenvalue weighted by atomic mass is 10.1. The summed E-state index contributed by atoms with van der Waals surface area (Å²) in [6.45, 7) is 3.42. The van der Waals surface area contributed by atoms with Gasteiger partial charge in [0, 0.05) is 27.7 Å². The molecule has 1 atom stereocenters. The lowest BCUT2D eigenvalue weighted by Crippen LogP contribution is -2.47. The van der Waals surface area contributed by atoms with Crippen LogP contribution in [0, 0.1) is 0 Å². The van der Waals surface area contributed by atoms with Crippen LogP contribution in [-0.4, -0.2) is 72.2 Å². The van der Waals surface area contributed by atoms with Crippen molar-refractivity contribution in [2.75, 3.05) is 34.2 Å². The monoisotopic (exact) mass is 319 g/mol. The van der Waals surface area contributed by atoms with Gasteiger partial charge in [-0.15, -0.1) is 0 Å². The molecule has 1 aliphatic heterocycles. The molecule has 2 rings (SSSR count). The van der Waals surface area contributed by atoms with Crippen molar-refractivity contribution in [1.82, 2.24) is 15.1 Å². The number of hydrogen-bond donors (Lipinski definition) is 3. The quantitative estimate of drug-likeness (QED) is 0.719. The Morgan fingerprint density at radius 1 is 1.17 bits per heavy atom. The van der Waals surface area contributed by atoms with Crippen LogP contribution in [0.4, 0.5) is 0 Å². The van der Waals surface area contributed by atoms with Crippen LogP contribution < -0.4 is 5.32 Å². The first-order valence-electron chi connectivity index (χ1n) is 7.65. The summed E-state index contributed by atoms with van der Waals surface area (Å²) in [4.78, 5) is 13.1. The van der Waals surface area contributed by atoms with Gasteiger partial charge >= 0.3 is 0 Å². The predicted octanol–water partition coefficient (Wildman–Crippen LogP) is 0.837. The highest BCUT2D eigenvalue weighted by atomic mass is 16.3. The molecule has 3 N–H and O–H groups in total. The molecule has 0 aromatic heterocycles. The van der Waals surface area contributed by atoms with Gasteiger partial charge in [-0.2, -0.15) is 0 Å². The molecule has 0 bridgehead atoms. The maximum atomic E-state index is 9.56. The lowest BCUT2D eigenvalue weighted by Gasteiger charge is -2.24. The number of hydrogen-bond acceptors (Lipinski definition) is 7. The van der Waals surface area contributed by atoms with Crippen molar-refractivity contribution >= 4 is 11.9 Å². The number of aromatic hydroxyl groups is 2. The minimum Gasteiger partial charge on any atom is -0.504 e. The SMILES string of the molecule is CC1CN=C(N(C)C)NC(N(C)CCc2ccc(O)c(O)c2)=N1. The van der Waals surface area contributed by atoms with Crippen LogP contribution in [0.2, 0.25) is 0 Å². The largest absolute Gasteiger partial charge is 0.504 e. The van der Waals surface area contributed by atoms with E-state index in [1.54, 1.807) is 12.1 Å². The zero-order valence-corrected chi connectivity index (χ0v) is 14.1. The van der Waals surface area contributed by atoms with Crippen LogP contribution in [0.25, 0.3) is 0 Å². The average molecular weight is 319 g/mol. The van der Waals surface area contributed by atoms with E-state index in [0.717, 1.165) is 30.4 Å². The van der Waals surface area contributed by atoms with E-state index in [1.165, 1.54) is 6.07 Å². The zero-order chi connectivity index (χ0) is 17.0. The highest BCUT2D eigenvalue weighted by molar-refractivity contribution is 5.98. The number of phenolic OH excluding ortho intramolecular Hbond substituents is 2. The molecule has 0 fully saturated rings. The van der Waals surface area contributed by atoms with E-state index in [4.69, 9.17) is 0 Å². The highest BCUT2D eigenvalue weighted by Crippen LogP contribution is 2.25. The maximum absolute atomic E-state index is 9.56. The smallest absolute Gasteiger partial charge is 0.200 e. The third-order valence-electron chi connectivity index (χ3n) is 3.63. The molecule has 1 aromatic carbocycles. The molecule has 0 amide bonds. The molecule has 0 saturated carbocycles. The molecule has 0 saturated heterocycles. The van der Waals surface area contributed by atoms with Crippen molar-refractivity contribution in [2.24, 2.45) is 9.98 Å². The van der Waals surface area contributed by atoms with Crippen molar-refractivity contribution < 1.29 is 10.2 Å². The van der Waals surface area contributed by atoms with Gasteiger partial charge in [0.1, 0.15) is 0 Å². The van der Waals surface area contributed by atoms with E-state index in [9.17, 15) is 10.2 Å². The minimum atomic E-state index is -0.0995. The van der Waals surface area contributed by atoms with E-state index >= 15 is 0 Å². The van der Waals surface area contributed by atoms with E-state index in [0.29, 0.717) is 6.54 Å². The number of aliphatic imine (C=N–C) groups is 2. The van der Waals surface area contributed by atoms with Gasteiger partial charge in [-0.25, -0.2) is 4.99 Å². The van der Waals surface area contributed by atoms with Gasteiger partial charge in [0.2, 0.25) is 5.96 Å². The summed E-state index contributed by atoms with van der Waals surface area (Å²) in [5.41, 5.74) is 0.955. The number of guanidine groups is 2. The van der Waals surface area contributed by atoms with Crippen LogP contribution >= 0.6 is 0 Å². The topological polar surface area (TPSA) is 83.7 Å². The van der Waals surface area contributed by atoms with Gasteiger partial charge in [0.05, 0.1) is 12.6 Å². The summed E-state index contributed by atoms with van der Waals surface area (Å²) in [5, 5.41) is 22.2. The third-order valence-corrected chi connectivity index (χ3v) is 3.63. The Morgan fingerprint density at radius 2 is 1.91 bits per heavy atom. The fourth-order valence-electron chi connectivity index (χ4n) is 2.21. The number of benzene rings is 1. The van der Waals surface area contributed by atoms with Crippen molar-refractivity contribution in [3.63, 3.8) is 0 Å². The van der Waals surface area contributed by atoms with Crippen molar-refractivity contribution in [3.8, 4) is 11.5 Å². The maximum Gasteiger partial charge on any atom is 0.200 e. The van der Waals surface area contributed by atoms with Crippen molar-refractivity contribution in [1.29, 1.82) is 0 Å². The van der Waals surface area contributed by atoms with Gasteiger partial charge < -0.3 is 20.0 Å². The summed E-state index contributed by atoms with van der Waals surface area (Å²) in [7, 11) is 5.86. The molecule has 0 spiro atoms. The lowest BCUT2D eigenvalue weighted by molar-refractivity contribution is 0.402. The standard InChI is InChI=1S/C16H25N5O2/c1-11-10-17-15(20(2)3)19-16(18-11)21(4)8-7-12-5-6-13(22)14(23)9-12/h5-6,9,11,22-23H,7-8,10H2,1-4H3,(H,17,18,19). The van der Waals surface area contributed by atoms with Gasteiger partial charge in [0.15, 0.2) is 17.5 Å². The Kier molecular flexibility index (Phi) is 5.31. The van der Waals surface area contributed by atoms with Crippen molar-refractivity contribution in [2.45, 2.75) is 19.4 Å². The molecule has 23 heavy (non-hydrogen) atoms. The van der Waals surface area contributed by atoms with E-state index in [-0.39, 0.29) is 17.5 Å². The number of nitrogens with one attached hydrogen (secondary N) is 1. The average Bonchev–Trinajstić information content (AvgIpc) is 2.70. The summed E-state index contributed by atoms with van der Waals surface area (Å²) < 4.78 is 0. The molecule has 1 aromatic rings. The second kappa shape index (κ2) is 7.21. The van der Waals surface area contributed by atoms with E-state index in [2.05, 4.69) is 15.3 Å². The third kappa shape index (κ3) is 4.51. The fourth-order valence-corrected chi connectivity index (χ4v) is 2.21. The molecule has 1 heterocycles. The summed E-state index contributed by atoms with van der Waals surface area (Å²) >= 11 is 0. The minimum absolute atomic E-state index is 0.0919. The van der Waals surface area contributed by atoms with Gasteiger partial charge in [0.25, 0.3) is 0 Å². The van der Waals surface area contributed by atoms with Crippen LogP contribution in [0.1, 0.15) is 12.5 Å². The van der Waals surface area contributed by atoms with Crippen LogP contribution in [0.15, 0.2) is 28.2 Å². The molecular weight excluding hydrogens is 294 g/mol. The van der Waals surface area contributed by atoms with Gasteiger partial charge in [-0.1, -0.05) is 6.07 Å². The molecule has 1 aliphatic rings. The molecule has 7 nitrogen and oxygen atoms in total. The molecule has 0 aliphatic carbocycles. The first kappa shape index (κ1) is 16.9. The first-order valence-corrected chi connectivity index (χ1v) is 7.65. The molecule has 126 valence electrons. The van der Waals surface area contributed by atoms with Gasteiger partial charge in [-0.05, 0) is 31.0 Å². The normalized spacial score (nSPS) is 17.7.